The molecule has 3 aromatic rings. The number of sulfonamides is 1. The zero-order valence-electron chi connectivity index (χ0n) is 18.2. The second-order valence-corrected chi connectivity index (χ2v) is 8.70. The highest BCUT2D eigenvalue weighted by molar-refractivity contribution is 7.89. The van der Waals surface area contributed by atoms with E-state index in [1.165, 1.54) is 19.2 Å². The highest BCUT2D eigenvalue weighted by Gasteiger charge is 2.10. The van der Waals surface area contributed by atoms with E-state index in [1.807, 2.05) is 0 Å². The standard InChI is InChI=1S/C23H23N5O5S/c1-33-21(24)17-3-2-4-19(13-17)28-23(30)27-18-9-7-16(8-10-18)22(29)26-14-15-5-11-20(12-6-15)34(25,31)32/h2-13,24H,14H2,1H3,(H,26,29)(H2,25,31,32)(H2,27,28,30). The number of nitrogens with two attached hydrogens (primary N) is 1. The minimum Gasteiger partial charge on any atom is -0.481 e. The van der Waals surface area contributed by atoms with Crippen LogP contribution in [0.15, 0.2) is 77.7 Å². The largest absolute Gasteiger partial charge is 0.481 e. The van der Waals surface area contributed by atoms with Crippen LogP contribution in [-0.2, 0) is 21.3 Å². The van der Waals surface area contributed by atoms with Crippen LogP contribution in [0.2, 0.25) is 0 Å². The van der Waals surface area contributed by atoms with Gasteiger partial charge in [0.25, 0.3) is 5.91 Å². The van der Waals surface area contributed by atoms with Crippen molar-refractivity contribution in [2.75, 3.05) is 17.7 Å². The molecule has 0 spiro atoms. The van der Waals surface area contributed by atoms with Gasteiger partial charge < -0.3 is 20.7 Å². The summed E-state index contributed by atoms with van der Waals surface area (Å²) >= 11 is 0. The van der Waals surface area contributed by atoms with Gasteiger partial charge >= 0.3 is 6.03 Å². The number of ether oxygens (including phenoxy) is 1. The number of hydrogen-bond acceptors (Lipinski definition) is 6. The van der Waals surface area contributed by atoms with Gasteiger partial charge in [0.15, 0.2) is 0 Å². The molecule has 11 heteroatoms. The Hall–Kier alpha value is -4.22. The van der Waals surface area contributed by atoms with E-state index in [-0.39, 0.29) is 23.2 Å². The van der Waals surface area contributed by atoms with Crippen LogP contribution in [0.4, 0.5) is 16.2 Å². The van der Waals surface area contributed by atoms with Crippen molar-refractivity contribution in [3.8, 4) is 0 Å². The molecular formula is C23H23N5O5S. The lowest BCUT2D eigenvalue weighted by molar-refractivity contribution is 0.0951. The Morgan fingerprint density at radius 2 is 1.56 bits per heavy atom. The average Bonchev–Trinajstić information content (AvgIpc) is 2.82. The second kappa shape index (κ2) is 10.6. The summed E-state index contributed by atoms with van der Waals surface area (Å²) in [5, 5.41) is 20.8. The van der Waals surface area contributed by atoms with E-state index in [2.05, 4.69) is 16.0 Å². The maximum atomic E-state index is 12.4. The molecule has 0 aromatic heterocycles. The predicted molar refractivity (Wildman–Crippen MR) is 128 cm³/mol. The first kappa shape index (κ1) is 24.4. The van der Waals surface area contributed by atoms with Gasteiger partial charge in [0.2, 0.25) is 15.9 Å². The van der Waals surface area contributed by atoms with Gasteiger partial charge in [-0.3, -0.25) is 10.2 Å². The minimum absolute atomic E-state index is 0.00291. The number of nitrogens with one attached hydrogen (secondary N) is 4. The van der Waals surface area contributed by atoms with E-state index in [4.69, 9.17) is 15.3 Å². The van der Waals surface area contributed by atoms with Crippen LogP contribution in [0, 0.1) is 5.41 Å². The number of primary sulfonamides is 1. The van der Waals surface area contributed by atoms with Crippen LogP contribution in [0.5, 0.6) is 0 Å². The second-order valence-electron chi connectivity index (χ2n) is 7.14. The normalized spacial score (nSPS) is 10.8. The Morgan fingerprint density at radius 1 is 0.912 bits per heavy atom. The Balaban J connectivity index is 1.53. The number of rotatable bonds is 7. The topological polar surface area (TPSA) is 163 Å². The SMILES string of the molecule is COC(=N)c1cccc(NC(=O)Nc2ccc(C(=O)NCc3ccc(S(N)(=O)=O)cc3)cc2)c1. The molecule has 3 aromatic carbocycles. The summed E-state index contributed by atoms with van der Waals surface area (Å²) in [6.07, 6.45) is 0. The fourth-order valence-electron chi connectivity index (χ4n) is 2.94. The van der Waals surface area contributed by atoms with Gasteiger partial charge in [0.1, 0.15) is 0 Å². The summed E-state index contributed by atoms with van der Waals surface area (Å²) in [4.78, 5) is 24.6. The van der Waals surface area contributed by atoms with Gasteiger partial charge in [-0.15, -0.1) is 0 Å². The molecule has 34 heavy (non-hydrogen) atoms. The van der Waals surface area contributed by atoms with E-state index < -0.39 is 16.1 Å². The summed E-state index contributed by atoms with van der Waals surface area (Å²) in [5.74, 6) is -0.345. The van der Waals surface area contributed by atoms with E-state index in [1.54, 1.807) is 60.7 Å². The van der Waals surface area contributed by atoms with Crippen molar-refractivity contribution in [1.82, 2.24) is 5.32 Å². The number of benzene rings is 3. The first-order valence-corrected chi connectivity index (χ1v) is 11.5. The average molecular weight is 482 g/mol. The van der Waals surface area contributed by atoms with Crippen molar-refractivity contribution in [2.45, 2.75) is 11.4 Å². The molecule has 0 aliphatic carbocycles. The minimum atomic E-state index is -3.77. The quantitative estimate of drug-likeness (QED) is 0.258. The molecule has 3 amide bonds. The lowest BCUT2D eigenvalue weighted by Gasteiger charge is -2.10. The Bertz CT molecular complexity index is 1310. The van der Waals surface area contributed by atoms with E-state index in [0.29, 0.717) is 28.1 Å². The molecule has 10 nitrogen and oxygen atoms in total. The summed E-state index contributed by atoms with van der Waals surface area (Å²) in [7, 11) is -2.37. The molecule has 3 rings (SSSR count). The number of amides is 3. The molecule has 176 valence electrons. The lowest BCUT2D eigenvalue weighted by Crippen LogP contribution is -2.23. The monoisotopic (exact) mass is 481 g/mol. The zero-order valence-corrected chi connectivity index (χ0v) is 19.0. The fraction of sp³-hybridized carbons (Fsp3) is 0.0870. The first-order chi connectivity index (χ1) is 16.2. The maximum absolute atomic E-state index is 12.4. The van der Waals surface area contributed by atoms with E-state index in [9.17, 15) is 18.0 Å². The Kier molecular flexibility index (Phi) is 7.61. The van der Waals surface area contributed by atoms with Crippen LogP contribution >= 0.6 is 0 Å². The van der Waals surface area contributed by atoms with Gasteiger partial charge in [-0.2, -0.15) is 0 Å². The molecule has 0 radical (unpaired) electrons. The highest BCUT2D eigenvalue weighted by Crippen LogP contribution is 2.14. The van der Waals surface area contributed by atoms with Gasteiger partial charge in [-0.1, -0.05) is 18.2 Å². The van der Waals surface area contributed by atoms with Crippen molar-refractivity contribution in [1.29, 1.82) is 5.41 Å². The van der Waals surface area contributed by atoms with Crippen LogP contribution in [0.3, 0.4) is 0 Å². The molecule has 0 bridgehead atoms. The number of methoxy groups -OCH3 is 1. The summed E-state index contributed by atoms with van der Waals surface area (Å²) in [6.45, 7) is 0.200. The number of urea groups is 1. The van der Waals surface area contributed by atoms with Gasteiger partial charge in [0, 0.05) is 29.0 Å². The fourth-order valence-corrected chi connectivity index (χ4v) is 3.45. The van der Waals surface area contributed by atoms with E-state index in [0.717, 1.165) is 0 Å². The zero-order chi connectivity index (χ0) is 24.7. The van der Waals surface area contributed by atoms with Crippen LogP contribution in [0.1, 0.15) is 21.5 Å². The number of hydrogen-bond donors (Lipinski definition) is 5. The van der Waals surface area contributed by atoms with Crippen molar-refractivity contribution in [3.05, 3.63) is 89.5 Å². The molecule has 0 saturated heterocycles. The predicted octanol–water partition coefficient (Wildman–Crippen LogP) is 2.88. The third kappa shape index (κ3) is 6.64. The molecule has 0 fully saturated rings. The van der Waals surface area contributed by atoms with Gasteiger partial charge in [-0.05, 0) is 60.2 Å². The molecule has 0 unspecified atom stereocenters. The summed E-state index contributed by atoms with van der Waals surface area (Å²) in [6, 6.07) is 18.4. The Morgan fingerprint density at radius 3 is 2.18 bits per heavy atom. The van der Waals surface area contributed by atoms with Crippen molar-refractivity contribution in [2.24, 2.45) is 5.14 Å². The number of carbonyl (C=O) groups excluding carboxylic acids is 2. The lowest BCUT2D eigenvalue weighted by atomic mass is 10.1. The van der Waals surface area contributed by atoms with Crippen molar-refractivity contribution >= 4 is 39.2 Å². The molecule has 0 atom stereocenters. The first-order valence-electron chi connectivity index (χ1n) is 9.96. The molecule has 6 N–H and O–H groups in total. The summed E-state index contributed by atoms with van der Waals surface area (Å²) in [5.41, 5.74) is 2.59. The highest BCUT2D eigenvalue weighted by atomic mass is 32.2. The molecular weight excluding hydrogens is 458 g/mol. The third-order valence-electron chi connectivity index (χ3n) is 4.70. The van der Waals surface area contributed by atoms with Gasteiger partial charge in [0.05, 0.1) is 12.0 Å². The van der Waals surface area contributed by atoms with Crippen LogP contribution in [0.25, 0.3) is 0 Å². The number of anilines is 2. The van der Waals surface area contributed by atoms with Crippen LogP contribution < -0.4 is 21.1 Å². The summed E-state index contributed by atoms with van der Waals surface area (Å²) < 4.78 is 27.5. The molecule has 0 heterocycles. The maximum Gasteiger partial charge on any atom is 0.323 e. The van der Waals surface area contributed by atoms with Crippen molar-refractivity contribution in [3.63, 3.8) is 0 Å². The molecule has 0 aliphatic rings. The van der Waals surface area contributed by atoms with E-state index >= 15 is 0 Å². The smallest absolute Gasteiger partial charge is 0.323 e. The van der Waals surface area contributed by atoms with Crippen molar-refractivity contribution < 1.29 is 22.7 Å². The van der Waals surface area contributed by atoms with Crippen LogP contribution in [-0.4, -0.2) is 33.4 Å². The number of carbonyl (C=O) groups is 2. The molecule has 0 saturated carbocycles. The van der Waals surface area contributed by atoms with Gasteiger partial charge in [-0.25, -0.2) is 18.4 Å². The third-order valence-corrected chi connectivity index (χ3v) is 5.63. The Labute approximate surface area is 196 Å². The molecule has 0 aliphatic heterocycles.